The molecule has 0 spiro atoms. The smallest absolute Gasteiger partial charge is 0.325 e. The number of carboxylic acids is 1. The number of nitrogens with one attached hydrogen (secondary N) is 8. The highest BCUT2D eigenvalue weighted by Gasteiger charge is 2.52. The van der Waals surface area contributed by atoms with Crippen LogP contribution < -0.4 is 48.3 Å². The largest absolute Gasteiger partial charge is 0.480 e. The molecule has 3 saturated heterocycles. The van der Waals surface area contributed by atoms with Crippen molar-refractivity contribution in [1.82, 2.24) is 47.4 Å². The van der Waals surface area contributed by atoms with Gasteiger partial charge in [-0.1, -0.05) is 55.4 Å². The Labute approximate surface area is 475 Å². The van der Waals surface area contributed by atoms with Crippen LogP contribution in [0, 0.1) is 23.7 Å². The zero-order valence-electron chi connectivity index (χ0n) is 48.4. The van der Waals surface area contributed by atoms with Gasteiger partial charge in [0.25, 0.3) is 0 Å². The van der Waals surface area contributed by atoms with Crippen LogP contribution in [-0.4, -0.2) is 242 Å². The van der Waals surface area contributed by atoms with E-state index in [0.717, 1.165) is 6.92 Å². The molecule has 0 aromatic rings. The molecule has 3 aliphatic rings. The quantitative estimate of drug-likeness (QED) is 0.0346. The minimum atomic E-state index is -1.93. The van der Waals surface area contributed by atoms with Crippen LogP contribution in [0.4, 0.5) is 0 Å². The van der Waals surface area contributed by atoms with Gasteiger partial charge in [-0.2, -0.15) is 0 Å². The van der Waals surface area contributed by atoms with Crippen LogP contribution in [0.1, 0.15) is 95.9 Å². The normalized spacial score (nSPS) is 27.6. The molecule has 468 valence electrons. The summed E-state index contributed by atoms with van der Waals surface area (Å²) >= 11 is 0. The van der Waals surface area contributed by atoms with E-state index in [0.29, 0.717) is 6.42 Å². The average Bonchev–Trinajstić information content (AvgIpc) is 3.92. The van der Waals surface area contributed by atoms with Gasteiger partial charge in [0.15, 0.2) is 12.6 Å². The third-order valence-electron chi connectivity index (χ3n) is 14.2. The Morgan fingerprint density at radius 1 is 0.561 bits per heavy atom. The topological polar surface area (TPSA) is 475 Å². The highest BCUT2D eigenvalue weighted by molar-refractivity contribution is 5.98. The number of ether oxygens (including phenoxy) is 4. The maximum atomic E-state index is 14.2. The molecule has 31 heteroatoms. The van der Waals surface area contributed by atoms with Crippen LogP contribution in [0.25, 0.3) is 0 Å². The molecule has 19 atom stereocenters. The summed E-state index contributed by atoms with van der Waals surface area (Å²) < 4.78 is 22.7. The van der Waals surface area contributed by atoms with Crippen molar-refractivity contribution >= 4 is 59.1 Å². The van der Waals surface area contributed by atoms with Crippen LogP contribution >= 0.6 is 0 Å². The molecule has 0 aromatic carbocycles. The first-order valence-corrected chi connectivity index (χ1v) is 27.4. The Morgan fingerprint density at radius 2 is 1.00 bits per heavy atom. The van der Waals surface area contributed by atoms with E-state index in [1.807, 2.05) is 0 Å². The van der Waals surface area contributed by atoms with E-state index < -0.39 is 218 Å². The van der Waals surface area contributed by atoms with Gasteiger partial charge in [0.1, 0.15) is 103 Å². The maximum Gasteiger partial charge on any atom is 0.325 e. The van der Waals surface area contributed by atoms with Gasteiger partial charge in [-0.15, -0.1) is 0 Å². The lowest BCUT2D eigenvalue weighted by molar-refractivity contribution is -0.344. The molecule has 31 nitrogen and oxygen atoms in total. The number of rotatable bonds is 28. The number of hydrogen-bond donors (Lipinski definition) is 16. The van der Waals surface area contributed by atoms with Crippen LogP contribution in [0.5, 0.6) is 0 Å². The van der Waals surface area contributed by atoms with E-state index in [2.05, 4.69) is 42.5 Å². The summed E-state index contributed by atoms with van der Waals surface area (Å²) in [4.78, 5) is 134. The first kappa shape index (κ1) is 70.5. The van der Waals surface area contributed by atoms with Gasteiger partial charge >= 0.3 is 5.97 Å². The Morgan fingerprint density at radius 3 is 1.49 bits per heavy atom. The Bertz CT molecular complexity index is 2230. The number of aliphatic hydroxyl groups excluding tert-OH is 6. The molecule has 82 heavy (non-hydrogen) atoms. The molecule has 0 aliphatic carbocycles. The molecule has 3 heterocycles. The summed E-state index contributed by atoms with van der Waals surface area (Å²) in [6, 6.07) is -12.7. The summed E-state index contributed by atoms with van der Waals surface area (Å²) in [5.41, 5.74) is 6.24. The zero-order chi connectivity index (χ0) is 62.4. The van der Waals surface area contributed by atoms with Gasteiger partial charge in [-0.25, -0.2) is 0 Å². The third kappa shape index (κ3) is 18.9. The fourth-order valence-corrected chi connectivity index (χ4v) is 9.14. The van der Waals surface area contributed by atoms with Crippen molar-refractivity contribution < 1.29 is 103 Å². The molecular formula is C51H88N10O21. The summed E-state index contributed by atoms with van der Waals surface area (Å²) in [5, 5.41) is 91.5. The number of nitrogens with zero attached hydrogens (tertiary/aromatic N) is 1. The predicted molar refractivity (Wildman–Crippen MR) is 284 cm³/mol. The molecule has 0 aromatic heterocycles. The third-order valence-corrected chi connectivity index (χ3v) is 14.2. The SMILES string of the molecule is CC(=O)NC1[C@@H](OC[C@H](N)C(=O)NC(C(=O)N2CCC[C@H]2C(=O)NC(C)C(=O)N[C@@H](C)C(=O)NC(C(=O)N[C@H](C(=O)NC(C(=O)N[C@@H](C)C(=O)O)C(C)C)C(C)C)C(C)C)C(C)C)OC(CO)[C@H](O)[C@@H]1O[C@@H]1OC(CO)[C@H](O)C(O)[C@@H]1O. The van der Waals surface area contributed by atoms with Gasteiger partial charge in [-0.3, -0.25) is 47.9 Å². The number of aliphatic carboxylic acids is 1. The van der Waals surface area contributed by atoms with E-state index in [1.54, 1.807) is 55.4 Å². The number of carboxylic acid groups (broad SMARTS) is 1. The lowest BCUT2D eigenvalue weighted by Crippen LogP contribution is -2.68. The summed E-state index contributed by atoms with van der Waals surface area (Å²) in [6.07, 6.45) is -14.7. The molecule has 3 rings (SSSR count). The number of amides is 9. The van der Waals surface area contributed by atoms with Crippen molar-refractivity contribution in [1.29, 1.82) is 0 Å². The molecule has 8 unspecified atom stereocenters. The van der Waals surface area contributed by atoms with Crippen LogP contribution in [0.3, 0.4) is 0 Å². The second-order valence-corrected chi connectivity index (χ2v) is 22.3. The second-order valence-electron chi connectivity index (χ2n) is 22.3. The second kappa shape index (κ2) is 31.8. The van der Waals surface area contributed by atoms with Gasteiger partial charge in [0, 0.05) is 13.5 Å². The molecular weight excluding hydrogens is 1090 g/mol. The molecule has 3 fully saturated rings. The van der Waals surface area contributed by atoms with Crippen LogP contribution in [0.2, 0.25) is 0 Å². The molecule has 0 radical (unpaired) electrons. The fourth-order valence-electron chi connectivity index (χ4n) is 9.14. The Hall–Kier alpha value is -5.74. The van der Waals surface area contributed by atoms with Crippen LogP contribution in [0.15, 0.2) is 0 Å². The fraction of sp³-hybridized carbons (Fsp3) is 0.804. The van der Waals surface area contributed by atoms with Crippen molar-refractivity contribution in [3.8, 4) is 0 Å². The number of carbonyl (C=O) groups excluding carboxylic acids is 9. The predicted octanol–water partition coefficient (Wildman–Crippen LogP) is -6.75. The summed E-state index contributed by atoms with van der Waals surface area (Å²) in [6.45, 7) is 15.9. The zero-order valence-corrected chi connectivity index (χ0v) is 48.4. The van der Waals surface area contributed by atoms with Crippen molar-refractivity contribution in [3.63, 3.8) is 0 Å². The maximum absolute atomic E-state index is 14.2. The lowest BCUT2D eigenvalue weighted by atomic mass is 9.95. The lowest BCUT2D eigenvalue weighted by Gasteiger charge is -2.47. The first-order chi connectivity index (χ1) is 38.2. The minimum Gasteiger partial charge on any atom is -0.480 e. The van der Waals surface area contributed by atoms with E-state index in [-0.39, 0.29) is 13.0 Å². The summed E-state index contributed by atoms with van der Waals surface area (Å²) in [5.74, 6) is -10.2. The highest BCUT2D eigenvalue weighted by Crippen LogP contribution is 2.30. The van der Waals surface area contributed by atoms with E-state index in [1.165, 1.54) is 25.7 Å². The van der Waals surface area contributed by atoms with Gasteiger partial charge < -0.3 is 108 Å². The minimum absolute atomic E-state index is 0.0908. The number of likely N-dealkylation sites (tertiary alicyclic amines) is 1. The average molecular weight is 1180 g/mol. The molecule has 0 saturated carbocycles. The number of aliphatic hydroxyl groups is 6. The Kier molecular flexibility index (Phi) is 27.3. The van der Waals surface area contributed by atoms with Gasteiger partial charge in [-0.05, 0) is 57.3 Å². The van der Waals surface area contributed by atoms with Crippen molar-refractivity contribution in [2.75, 3.05) is 26.4 Å². The standard InChI is InChI=1S/C51H88N10O21/c1-19(2)31(45(73)55-25(11)49(77)78)58-47(75)33(21(5)6)59-46(74)32(20(3)4)57-42(70)24(10)53-41(69)23(9)54-44(72)28-14-13-15-61(28)48(76)34(22(7)8)60-43(71)27(52)18-79-50-35(56-26(12)64)40(37(66)30(17-63)80-50)82-51-39(68)38(67)36(65)29(16-62)81-51/h19-25,27-40,50-51,62-63,65-68H,13-18,52H2,1-12H3,(H,53,69)(H,54,72)(H,55,73)(H,56,64)(H,57,70)(H,58,75)(H,59,74)(H,60,71)(H,77,78)/t23?,24-,25-,27-,28-,29?,30?,31?,32?,33-,34?,35?,36-,37-,38?,39-,40+,50-,51-/m0/s1. The van der Waals surface area contributed by atoms with E-state index in [4.69, 9.17) is 24.7 Å². The molecule has 17 N–H and O–H groups in total. The van der Waals surface area contributed by atoms with Gasteiger partial charge in [0.2, 0.25) is 53.2 Å². The monoisotopic (exact) mass is 1180 g/mol. The first-order valence-electron chi connectivity index (χ1n) is 27.4. The van der Waals surface area contributed by atoms with Crippen LogP contribution in [-0.2, 0) is 66.9 Å². The number of carbonyl (C=O) groups is 10. The van der Waals surface area contributed by atoms with E-state index >= 15 is 0 Å². The summed E-state index contributed by atoms with van der Waals surface area (Å²) in [7, 11) is 0. The Balaban J connectivity index is 1.64. The van der Waals surface area contributed by atoms with Gasteiger partial charge in [0.05, 0.1) is 19.8 Å². The molecule has 0 bridgehead atoms. The van der Waals surface area contributed by atoms with Crippen molar-refractivity contribution in [3.05, 3.63) is 0 Å². The molecule has 3 aliphatic heterocycles. The molecule has 9 amide bonds. The van der Waals surface area contributed by atoms with Crippen molar-refractivity contribution in [2.24, 2.45) is 29.4 Å². The van der Waals surface area contributed by atoms with E-state index in [9.17, 15) is 83.7 Å². The van der Waals surface area contributed by atoms with Crippen molar-refractivity contribution in [2.45, 2.75) is 212 Å². The number of hydrogen-bond acceptors (Lipinski definition) is 21. The number of nitrogens with two attached hydrogens (primary N) is 1. The highest BCUT2D eigenvalue weighted by atomic mass is 16.7.